The summed E-state index contributed by atoms with van der Waals surface area (Å²) in [6.07, 6.45) is 3.51. The number of ether oxygens (including phenoxy) is 1. The maximum Gasteiger partial charge on any atom is 0.255 e. The molecule has 7 heteroatoms. The van der Waals surface area contributed by atoms with Crippen LogP contribution in [0.2, 0.25) is 0 Å². The second-order valence-corrected chi connectivity index (χ2v) is 7.19. The lowest BCUT2D eigenvalue weighted by Crippen LogP contribution is -2.40. The molecule has 8 N–H and O–H groups in total. The predicted molar refractivity (Wildman–Crippen MR) is 127 cm³/mol. The van der Waals surface area contributed by atoms with E-state index in [9.17, 15) is 9.90 Å². The maximum atomic E-state index is 13.0. The van der Waals surface area contributed by atoms with E-state index in [1.807, 2.05) is 48.5 Å². The number of carbonyl (C=O) groups is 1. The number of aliphatic hydroxyl groups excluding tert-OH is 1. The molecule has 3 aromatic carbocycles. The number of allylic oxidation sites excluding steroid dienone is 1. The smallest absolute Gasteiger partial charge is 0.255 e. The monoisotopic (exact) mass is 431 g/mol. The first-order valence-electron chi connectivity index (χ1n) is 10.0. The number of nitrogens with one attached hydrogen (secondary N) is 1. The van der Waals surface area contributed by atoms with Crippen LogP contribution >= 0.6 is 0 Å². The van der Waals surface area contributed by atoms with Crippen molar-refractivity contribution in [3.8, 4) is 5.75 Å². The van der Waals surface area contributed by atoms with Crippen LogP contribution in [0.1, 0.15) is 33.1 Å². The average molecular weight is 432 g/mol. The van der Waals surface area contributed by atoms with Crippen molar-refractivity contribution in [3.63, 3.8) is 0 Å². The number of hydrogen-bond donors (Lipinski definition) is 5. The van der Waals surface area contributed by atoms with Gasteiger partial charge in [-0.05, 0) is 41.5 Å². The highest BCUT2D eigenvalue weighted by Gasteiger charge is 2.24. The Morgan fingerprint density at radius 2 is 1.78 bits per heavy atom. The second kappa shape index (κ2) is 10.3. The molecule has 0 aliphatic rings. The van der Waals surface area contributed by atoms with E-state index < -0.39 is 11.9 Å². The van der Waals surface area contributed by atoms with Crippen molar-refractivity contribution in [3.05, 3.63) is 95.1 Å². The SMILES string of the molecule is COc1c(C(=O)N[C@H](CO)c2ccccc2)ccc(N)c1C(=[NH2+])/C=C/c1ccc(N)cc1. The number of nitrogens with two attached hydrogens (primary N) is 3. The van der Waals surface area contributed by atoms with E-state index >= 15 is 0 Å². The minimum absolute atomic E-state index is 0.251. The Hall–Kier alpha value is -4.10. The lowest BCUT2D eigenvalue weighted by atomic mass is 10.00. The Morgan fingerprint density at radius 1 is 1.09 bits per heavy atom. The third kappa shape index (κ3) is 5.14. The molecule has 0 spiro atoms. The Kier molecular flexibility index (Phi) is 7.25. The molecule has 7 nitrogen and oxygen atoms in total. The molecule has 0 saturated heterocycles. The van der Waals surface area contributed by atoms with Gasteiger partial charge in [0, 0.05) is 17.5 Å². The third-order valence-electron chi connectivity index (χ3n) is 5.01. The molecule has 0 heterocycles. The number of carbonyl (C=O) groups excluding carboxylic acids is 1. The number of anilines is 2. The second-order valence-electron chi connectivity index (χ2n) is 7.19. The molecule has 0 unspecified atom stereocenters. The van der Waals surface area contributed by atoms with E-state index in [-0.39, 0.29) is 17.9 Å². The van der Waals surface area contributed by atoms with Crippen molar-refractivity contribution in [1.29, 1.82) is 0 Å². The molecule has 0 aliphatic heterocycles. The summed E-state index contributed by atoms with van der Waals surface area (Å²) in [7, 11) is 1.45. The molecular weight excluding hydrogens is 404 g/mol. The van der Waals surface area contributed by atoms with E-state index in [1.54, 1.807) is 30.3 Å². The maximum absolute atomic E-state index is 13.0. The number of aliphatic hydroxyl groups is 1. The molecule has 0 aliphatic carbocycles. The van der Waals surface area contributed by atoms with Gasteiger partial charge in [-0.25, -0.2) is 0 Å². The molecule has 3 aromatic rings. The molecule has 0 aromatic heterocycles. The Morgan fingerprint density at radius 3 is 2.41 bits per heavy atom. The summed E-state index contributed by atoms with van der Waals surface area (Å²) in [4.78, 5) is 13.0. The van der Waals surface area contributed by atoms with Crippen LogP contribution in [-0.2, 0) is 0 Å². The normalized spacial score (nSPS) is 11.8. The molecule has 0 bridgehead atoms. The van der Waals surface area contributed by atoms with Gasteiger partial charge in [0.2, 0.25) is 5.71 Å². The van der Waals surface area contributed by atoms with Crippen molar-refractivity contribution < 1.29 is 20.0 Å². The Labute approximate surface area is 186 Å². The highest BCUT2D eigenvalue weighted by molar-refractivity contribution is 6.14. The first-order valence-corrected chi connectivity index (χ1v) is 10.0. The van der Waals surface area contributed by atoms with Gasteiger partial charge in [0.25, 0.3) is 5.91 Å². The summed E-state index contributed by atoms with van der Waals surface area (Å²) in [6, 6.07) is 19.1. The van der Waals surface area contributed by atoms with Crippen molar-refractivity contribution in [1.82, 2.24) is 5.32 Å². The minimum Gasteiger partial charge on any atom is -0.495 e. The van der Waals surface area contributed by atoms with E-state index in [0.29, 0.717) is 22.6 Å². The summed E-state index contributed by atoms with van der Waals surface area (Å²) < 4.78 is 5.53. The summed E-state index contributed by atoms with van der Waals surface area (Å²) in [5, 5.41) is 18.9. The zero-order chi connectivity index (χ0) is 23.1. The van der Waals surface area contributed by atoms with Crippen LogP contribution in [0.5, 0.6) is 5.75 Å². The van der Waals surface area contributed by atoms with E-state index in [1.165, 1.54) is 7.11 Å². The molecule has 0 saturated carbocycles. The Balaban J connectivity index is 1.89. The summed E-state index contributed by atoms with van der Waals surface area (Å²) in [5.41, 5.74) is 15.6. The van der Waals surface area contributed by atoms with E-state index in [2.05, 4.69) is 5.32 Å². The lowest BCUT2D eigenvalue weighted by Gasteiger charge is -2.19. The average Bonchev–Trinajstić information content (AvgIpc) is 2.82. The van der Waals surface area contributed by atoms with Gasteiger partial charge >= 0.3 is 0 Å². The van der Waals surface area contributed by atoms with Gasteiger partial charge < -0.3 is 26.6 Å². The van der Waals surface area contributed by atoms with Crippen LogP contribution < -0.4 is 26.9 Å². The van der Waals surface area contributed by atoms with Crippen LogP contribution in [0.4, 0.5) is 11.4 Å². The molecule has 1 atom stereocenters. The Bertz CT molecular complexity index is 1130. The molecule has 0 radical (unpaired) electrons. The highest BCUT2D eigenvalue weighted by Crippen LogP contribution is 2.30. The molecule has 0 fully saturated rings. The zero-order valence-electron chi connectivity index (χ0n) is 17.8. The van der Waals surface area contributed by atoms with Gasteiger partial charge in [-0.3, -0.25) is 10.2 Å². The number of methoxy groups -OCH3 is 1. The summed E-state index contributed by atoms with van der Waals surface area (Å²) >= 11 is 0. The lowest BCUT2D eigenvalue weighted by molar-refractivity contribution is -0.111. The molecule has 3 rings (SSSR count). The standard InChI is InChI=1S/C25H26N4O3/c1-32-24-19(25(31)29-22(15-30)17-5-3-2-4-6-17)12-14-21(28)23(24)20(27)13-9-16-7-10-18(26)11-8-16/h2-14,22,27,30H,15,26,28H2,1H3,(H,29,31)/p+1/b13-9+,27-20?/t22-/m1/s1. The van der Waals surface area contributed by atoms with Crippen molar-refractivity contribution in [2.75, 3.05) is 25.2 Å². The molecule has 164 valence electrons. The van der Waals surface area contributed by atoms with Crippen LogP contribution in [0.3, 0.4) is 0 Å². The van der Waals surface area contributed by atoms with Crippen molar-refractivity contribution in [2.45, 2.75) is 6.04 Å². The molecule has 32 heavy (non-hydrogen) atoms. The fourth-order valence-corrected chi connectivity index (χ4v) is 3.32. The number of rotatable bonds is 8. The molecule has 1 amide bonds. The third-order valence-corrected chi connectivity index (χ3v) is 5.01. The number of amides is 1. The minimum atomic E-state index is -0.568. The van der Waals surface area contributed by atoms with Crippen LogP contribution in [-0.4, -0.2) is 30.4 Å². The van der Waals surface area contributed by atoms with Crippen LogP contribution in [0.15, 0.2) is 72.8 Å². The zero-order valence-corrected chi connectivity index (χ0v) is 17.8. The van der Waals surface area contributed by atoms with Crippen molar-refractivity contribution in [2.24, 2.45) is 0 Å². The van der Waals surface area contributed by atoms with E-state index in [0.717, 1.165) is 11.1 Å². The largest absolute Gasteiger partial charge is 0.495 e. The van der Waals surface area contributed by atoms with Gasteiger partial charge in [0.05, 0.1) is 25.3 Å². The summed E-state index contributed by atoms with van der Waals surface area (Å²) in [6.45, 7) is -0.251. The number of nitrogen functional groups attached to an aromatic ring is 2. The molecular formula is C25H27N4O3+. The van der Waals surface area contributed by atoms with Crippen LogP contribution in [0, 0.1) is 0 Å². The van der Waals surface area contributed by atoms with Gasteiger partial charge in [0.1, 0.15) is 11.3 Å². The van der Waals surface area contributed by atoms with Crippen molar-refractivity contribution >= 4 is 29.1 Å². The van der Waals surface area contributed by atoms with Gasteiger partial charge in [0.15, 0.2) is 0 Å². The van der Waals surface area contributed by atoms with E-state index in [4.69, 9.17) is 21.6 Å². The van der Waals surface area contributed by atoms with Gasteiger partial charge in [-0.1, -0.05) is 42.5 Å². The van der Waals surface area contributed by atoms with Crippen LogP contribution in [0.25, 0.3) is 6.08 Å². The first kappa shape index (κ1) is 22.6. The fraction of sp³-hybridized carbons (Fsp3) is 0.120. The predicted octanol–water partition coefficient (Wildman–Crippen LogP) is 1.58. The van der Waals surface area contributed by atoms with Gasteiger partial charge in [-0.2, -0.15) is 0 Å². The quantitative estimate of drug-likeness (QED) is 0.273. The van der Waals surface area contributed by atoms with Gasteiger partial charge in [-0.15, -0.1) is 0 Å². The number of hydrogen-bond acceptors (Lipinski definition) is 5. The topological polar surface area (TPSA) is 136 Å². The first-order chi connectivity index (χ1) is 15.4. The number of benzene rings is 3. The highest BCUT2D eigenvalue weighted by atomic mass is 16.5. The summed E-state index contributed by atoms with van der Waals surface area (Å²) in [5.74, 6) is -0.159. The fourth-order valence-electron chi connectivity index (χ4n) is 3.32.